The van der Waals surface area contributed by atoms with E-state index in [1.165, 1.54) is 0 Å². The largest absolute Gasteiger partial charge is 0.362 e. The standard InChI is InChI=1S/C23H29FN6/c1-14-10-18(24)11-19(15(14)2)16(3)26-23-20-12-22(30-8-6-29(5)7-9-30)25-13-21(20)17(4)27-28-23/h10-13,16H,6-9H2,1-5H3,(H,26,28)/t16-/m1/s1. The van der Waals surface area contributed by atoms with Crippen molar-refractivity contribution >= 4 is 22.4 Å². The first-order valence-corrected chi connectivity index (χ1v) is 10.4. The normalized spacial score (nSPS) is 16.1. The number of rotatable bonds is 4. The Labute approximate surface area is 177 Å². The molecule has 7 heteroatoms. The third-order valence-corrected chi connectivity index (χ3v) is 6.15. The van der Waals surface area contributed by atoms with E-state index in [9.17, 15) is 4.39 Å². The van der Waals surface area contributed by atoms with E-state index in [1.807, 2.05) is 33.9 Å². The Morgan fingerprint density at radius 3 is 2.47 bits per heavy atom. The quantitative estimate of drug-likeness (QED) is 0.704. The Bertz CT molecular complexity index is 1070. The molecule has 2 aromatic heterocycles. The van der Waals surface area contributed by atoms with E-state index < -0.39 is 0 Å². The molecular formula is C23H29FN6. The van der Waals surface area contributed by atoms with Gasteiger partial charge in [0.15, 0.2) is 5.82 Å². The predicted octanol–water partition coefficient (Wildman–Crippen LogP) is 4.01. The van der Waals surface area contributed by atoms with Crippen molar-refractivity contribution in [3.8, 4) is 0 Å². The Morgan fingerprint density at radius 2 is 1.73 bits per heavy atom. The van der Waals surface area contributed by atoms with Crippen molar-refractivity contribution < 1.29 is 4.39 Å². The van der Waals surface area contributed by atoms with Crippen LogP contribution in [-0.4, -0.2) is 53.3 Å². The van der Waals surface area contributed by atoms with Crippen LogP contribution in [0.3, 0.4) is 0 Å². The monoisotopic (exact) mass is 408 g/mol. The third-order valence-electron chi connectivity index (χ3n) is 6.15. The minimum atomic E-state index is -0.219. The fraction of sp³-hybridized carbons (Fsp3) is 0.435. The lowest BCUT2D eigenvalue weighted by Gasteiger charge is -2.33. The molecule has 0 saturated carbocycles. The highest BCUT2D eigenvalue weighted by Gasteiger charge is 2.19. The zero-order chi connectivity index (χ0) is 21.4. The number of hydrogen-bond donors (Lipinski definition) is 1. The first-order chi connectivity index (χ1) is 14.3. The second-order valence-electron chi connectivity index (χ2n) is 8.32. The molecule has 0 amide bonds. The summed E-state index contributed by atoms with van der Waals surface area (Å²) >= 11 is 0. The van der Waals surface area contributed by atoms with E-state index >= 15 is 0 Å². The number of halogens is 1. The van der Waals surface area contributed by atoms with Crippen LogP contribution in [0.4, 0.5) is 16.0 Å². The van der Waals surface area contributed by atoms with Crippen LogP contribution in [0.1, 0.15) is 35.3 Å². The maximum Gasteiger partial charge on any atom is 0.157 e. The van der Waals surface area contributed by atoms with Crippen LogP contribution in [0, 0.1) is 26.6 Å². The van der Waals surface area contributed by atoms with Gasteiger partial charge in [-0.1, -0.05) is 0 Å². The van der Waals surface area contributed by atoms with Crippen LogP contribution in [0.5, 0.6) is 0 Å². The van der Waals surface area contributed by atoms with Crippen LogP contribution in [0.15, 0.2) is 24.4 Å². The number of fused-ring (bicyclic) bond motifs is 1. The fourth-order valence-electron chi connectivity index (χ4n) is 4.05. The van der Waals surface area contributed by atoms with E-state index in [4.69, 9.17) is 4.98 Å². The number of nitrogens with zero attached hydrogens (tertiary/aromatic N) is 5. The highest BCUT2D eigenvalue weighted by atomic mass is 19.1. The maximum atomic E-state index is 14.0. The van der Waals surface area contributed by atoms with Gasteiger partial charge in [-0.25, -0.2) is 9.37 Å². The van der Waals surface area contributed by atoms with E-state index in [-0.39, 0.29) is 11.9 Å². The molecule has 30 heavy (non-hydrogen) atoms. The molecule has 1 N–H and O–H groups in total. The molecule has 1 aliphatic rings. The number of nitrogens with one attached hydrogen (secondary N) is 1. The van der Waals surface area contributed by atoms with Crippen LogP contribution in [-0.2, 0) is 0 Å². The summed E-state index contributed by atoms with van der Waals surface area (Å²) < 4.78 is 14.0. The van der Waals surface area contributed by atoms with Crippen molar-refractivity contribution in [2.45, 2.75) is 33.7 Å². The number of anilines is 2. The maximum absolute atomic E-state index is 14.0. The molecule has 1 aliphatic heterocycles. The summed E-state index contributed by atoms with van der Waals surface area (Å²) in [5.74, 6) is 1.43. The minimum absolute atomic E-state index is 0.111. The number of hydrogen-bond acceptors (Lipinski definition) is 6. The van der Waals surface area contributed by atoms with Crippen LogP contribution >= 0.6 is 0 Å². The van der Waals surface area contributed by atoms with E-state index in [0.29, 0.717) is 5.82 Å². The van der Waals surface area contributed by atoms with Crippen molar-refractivity contribution in [2.75, 3.05) is 43.4 Å². The Kier molecular flexibility index (Phi) is 5.56. The second-order valence-corrected chi connectivity index (χ2v) is 8.32. The molecule has 1 fully saturated rings. The molecule has 0 radical (unpaired) electrons. The molecule has 1 saturated heterocycles. The molecule has 0 spiro atoms. The van der Waals surface area contributed by atoms with Crippen molar-refractivity contribution in [1.29, 1.82) is 0 Å². The minimum Gasteiger partial charge on any atom is -0.362 e. The number of aryl methyl sites for hydroxylation is 2. The molecule has 158 valence electrons. The van der Waals surface area contributed by atoms with Crippen molar-refractivity contribution in [1.82, 2.24) is 20.1 Å². The molecule has 1 atom stereocenters. The lowest BCUT2D eigenvalue weighted by atomic mass is 9.98. The topological polar surface area (TPSA) is 57.2 Å². The molecule has 4 rings (SSSR count). The average molecular weight is 409 g/mol. The SMILES string of the molecule is Cc1cc(F)cc([C@@H](C)Nc2nnc(C)c3cnc(N4CCN(C)CC4)cc23)c1C. The molecular weight excluding hydrogens is 379 g/mol. The van der Waals surface area contributed by atoms with Gasteiger partial charge in [0.1, 0.15) is 11.6 Å². The van der Waals surface area contributed by atoms with Gasteiger partial charge in [0.25, 0.3) is 0 Å². The van der Waals surface area contributed by atoms with Crippen molar-refractivity contribution in [2.24, 2.45) is 0 Å². The number of piperazine rings is 1. The van der Waals surface area contributed by atoms with Crippen molar-refractivity contribution in [3.63, 3.8) is 0 Å². The lowest BCUT2D eigenvalue weighted by Crippen LogP contribution is -2.44. The van der Waals surface area contributed by atoms with Crippen LogP contribution < -0.4 is 10.2 Å². The Hall–Kier alpha value is -2.80. The summed E-state index contributed by atoms with van der Waals surface area (Å²) in [6, 6.07) is 5.16. The van der Waals surface area contributed by atoms with Gasteiger partial charge < -0.3 is 15.1 Å². The number of pyridine rings is 1. The summed E-state index contributed by atoms with van der Waals surface area (Å²) in [6.45, 7) is 11.9. The Morgan fingerprint density at radius 1 is 1.00 bits per heavy atom. The van der Waals surface area contributed by atoms with Crippen LogP contribution in [0.25, 0.3) is 10.8 Å². The molecule has 0 unspecified atom stereocenters. The fourth-order valence-corrected chi connectivity index (χ4v) is 4.05. The molecule has 6 nitrogen and oxygen atoms in total. The van der Waals surface area contributed by atoms with E-state index in [0.717, 1.165) is 65.2 Å². The molecule has 0 aliphatic carbocycles. The van der Waals surface area contributed by atoms with Gasteiger partial charge in [0.05, 0.1) is 11.7 Å². The van der Waals surface area contributed by atoms with Gasteiger partial charge in [-0.05, 0) is 69.6 Å². The summed E-state index contributed by atoms with van der Waals surface area (Å²) in [6.07, 6.45) is 1.89. The van der Waals surface area contributed by atoms with Gasteiger partial charge in [-0.2, -0.15) is 5.10 Å². The lowest BCUT2D eigenvalue weighted by molar-refractivity contribution is 0.312. The molecule has 1 aromatic carbocycles. The molecule has 0 bridgehead atoms. The number of aromatic nitrogens is 3. The Balaban J connectivity index is 1.70. The average Bonchev–Trinajstić information content (AvgIpc) is 2.73. The summed E-state index contributed by atoms with van der Waals surface area (Å²) in [4.78, 5) is 9.33. The first kappa shape index (κ1) is 20.5. The van der Waals surface area contributed by atoms with E-state index in [1.54, 1.807) is 12.1 Å². The smallest absolute Gasteiger partial charge is 0.157 e. The third kappa shape index (κ3) is 3.94. The zero-order valence-corrected chi connectivity index (χ0v) is 18.3. The van der Waals surface area contributed by atoms with Gasteiger partial charge >= 0.3 is 0 Å². The summed E-state index contributed by atoms with van der Waals surface area (Å²) in [5, 5.41) is 14.2. The number of benzene rings is 1. The van der Waals surface area contributed by atoms with Gasteiger partial charge in [-0.15, -0.1) is 5.10 Å². The van der Waals surface area contributed by atoms with Crippen molar-refractivity contribution in [3.05, 3.63) is 52.6 Å². The van der Waals surface area contributed by atoms with Gasteiger partial charge in [0, 0.05) is 43.1 Å². The van der Waals surface area contributed by atoms with E-state index in [2.05, 4.69) is 38.4 Å². The summed E-state index contributed by atoms with van der Waals surface area (Å²) in [7, 11) is 2.14. The zero-order valence-electron chi connectivity index (χ0n) is 18.3. The molecule has 3 heterocycles. The first-order valence-electron chi connectivity index (χ1n) is 10.4. The summed E-state index contributed by atoms with van der Waals surface area (Å²) in [5.41, 5.74) is 3.80. The highest BCUT2D eigenvalue weighted by Crippen LogP contribution is 2.30. The predicted molar refractivity (Wildman–Crippen MR) is 120 cm³/mol. The highest BCUT2D eigenvalue weighted by molar-refractivity contribution is 5.94. The van der Waals surface area contributed by atoms with Gasteiger partial charge in [0.2, 0.25) is 0 Å². The van der Waals surface area contributed by atoms with Gasteiger partial charge in [-0.3, -0.25) is 0 Å². The number of likely N-dealkylation sites (N-methyl/N-ethyl adjacent to an activating group) is 1. The second kappa shape index (κ2) is 8.14. The van der Waals surface area contributed by atoms with Crippen LogP contribution in [0.2, 0.25) is 0 Å². The molecule has 3 aromatic rings.